The number of ketones is 1. The second-order valence-corrected chi connectivity index (χ2v) is 8.28. The van der Waals surface area contributed by atoms with Crippen molar-refractivity contribution in [1.82, 2.24) is 9.88 Å². The van der Waals surface area contributed by atoms with Crippen LogP contribution in [0, 0.1) is 6.92 Å². The molecule has 30 heavy (non-hydrogen) atoms. The summed E-state index contributed by atoms with van der Waals surface area (Å²) in [4.78, 5) is 21.3. The van der Waals surface area contributed by atoms with Gasteiger partial charge in [0, 0.05) is 61.5 Å². The van der Waals surface area contributed by atoms with E-state index >= 15 is 0 Å². The second kappa shape index (κ2) is 8.07. The van der Waals surface area contributed by atoms with E-state index < -0.39 is 0 Å². The number of benzene rings is 2. The maximum atomic E-state index is 11.6. The van der Waals surface area contributed by atoms with Gasteiger partial charge in [-0.3, -0.25) is 14.7 Å². The topological polar surface area (TPSA) is 45.7 Å². The minimum absolute atomic E-state index is 0.162. The van der Waals surface area contributed by atoms with Gasteiger partial charge in [-0.2, -0.15) is 0 Å². The Bertz CT molecular complexity index is 1090. The minimum Gasteiger partial charge on any atom is -0.485 e. The first-order valence-electron chi connectivity index (χ1n) is 10.8. The van der Waals surface area contributed by atoms with E-state index in [4.69, 9.17) is 4.74 Å². The summed E-state index contributed by atoms with van der Waals surface area (Å²) in [6, 6.07) is 16.9. The molecule has 1 fully saturated rings. The van der Waals surface area contributed by atoms with Crippen LogP contribution in [0.25, 0.3) is 10.9 Å². The maximum absolute atomic E-state index is 11.6. The lowest BCUT2D eigenvalue weighted by Crippen LogP contribution is -2.47. The number of carbonyl (C=O) groups is 1. The number of rotatable bonds is 4. The molecule has 5 nitrogen and oxygen atoms in total. The number of fused-ring (bicyclic) bond motifs is 2. The normalized spacial score (nSPS) is 17.1. The van der Waals surface area contributed by atoms with Crippen LogP contribution in [0.1, 0.15) is 16.8 Å². The molecule has 0 N–H and O–H groups in total. The summed E-state index contributed by atoms with van der Waals surface area (Å²) in [5.74, 6) is 1.10. The third-order valence-corrected chi connectivity index (χ3v) is 6.20. The van der Waals surface area contributed by atoms with Crippen molar-refractivity contribution >= 4 is 22.4 Å². The smallest absolute Gasteiger partial charge is 0.174 e. The van der Waals surface area contributed by atoms with Gasteiger partial charge in [0.15, 0.2) is 5.78 Å². The summed E-state index contributed by atoms with van der Waals surface area (Å²) in [7, 11) is 0. The van der Waals surface area contributed by atoms with Crippen molar-refractivity contribution in [1.29, 1.82) is 0 Å². The molecule has 1 aromatic heterocycles. The molecule has 0 radical (unpaired) electrons. The van der Waals surface area contributed by atoms with Crippen molar-refractivity contribution in [2.45, 2.75) is 19.8 Å². The van der Waals surface area contributed by atoms with Crippen molar-refractivity contribution in [3.63, 3.8) is 0 Å². The van der Waals surface area contributed by atoms with E-state index in [1.54, 1.807) is 0 Å². The molecule has 5 heteroatoms. The van der Waals surface area contributed by atoms with Gasteiger partial charge >= 0.3 is 0 Å². The fourth-order valence-corrected chi connectivity index (χ4v) is 4.58. The third kappa shape index (κ3) is 3.77. The molecule has 0 aliphatic carbocycles. The highest BCUT2D eigenvalue weighted by Gasteiger charge is 2.22. The van der Waals surface area contributed by atoms with Crippen molar-refractivity contribution in [2.75, 3.05) is 44.2 Å². The molecule has 0 amide bonds. The van der Waals surface area contributed by atoms with Crippen molar-refractivity contribution < 1.29 is 9.53 Å². The lowest BCUT2D eigenvalue weighted by Gasteiger charge is -2.36. The first kappa shape index (κ1) is 19.1. The highest BCUT2D eigenvalue weighted by atomic mass is 16.5. The molecule has 2 aromatic carbocycles. The van der Waals surface area contributed by atoms with Gasteiger partial charge in [0.05, 0.1) is 5.52 Å². The molecule has 2 aliphatic heterocycles. The van der Waals surface area contributed by atoms with Crippen LogP contribution < -0.4 is 9.64 Å². The molecular weight excluding hydrogens is 374 g/mol. The molecule has 0 atom stereocenters. The van der Waals surface area contributed by atoms with Gasteiger partial charge in [-0.25, -0.2) is 0 Å². The van der Waals surface area contributed by atoms with E-state index in [0.717, 1.165) is 61.7 Å². The number of aromatic nitrogens is 1. The number of Topliss-reactive ketones (excluding diaryl/α,β-unsaturated/α-hetero) is 1. The predicted octanol–water partition coefficient (Wildman–Crippen LogP) is 3.41. The molecule has 154 valence electrons. The number of carbonyl (C=O) groups excluding carboxylic acids is 1. The van der Waals surface area contributed by atoms with Crippen molar-refractivity contribution in [3.8, 4) is 5.75 Å². The van der Waals surface area contributed by atoms with Crippen LogP contribution in [0.5, 0.6) is 5.75 Å². The standard InChI is InChI=1S/C25H27N3O2/c1-18-8-9-22-23(26-18)6-3-7-24(22)28-14-12-27(13-15-28)11-10-19-4-2-5-20-16-21(29)17-30-25(19)20/h2-9H,10-17H2,1H3. The molecular formula is C25H27N3O2. The van der Waals surface area contributed by atoms with Crippen LogP contribution in [-0.2, 0) is 17.6 Å². The van der Waals surface area contributed by atoms with Crippen molar-refractivity contribution in [3.05, 3.63) is 65.4 Å². The number of pyridine rings is 1. The Hall–Kier alpha value is -2.92. The summed E-state index contributed by atoms with van der Waals surface area (Å²) < 4.78 is 5.75. The Morgan fingerprint density at radius 1 is 1.00 bits per heavy atom. The summed E-state index contributed by atoms with van der Waals surface area (Å²) in [5.41, 5.74) is 5.67. The summed E-state index contributed by atoms with van der Waals surface area (Å²) >= 11 is 0. The molecule has 0 unspecified atom stereocenters. The number of piperazine rings is 1. The highest BCUT2D eigenvalue weighted by molar-refractivity contribution is 5.92. The van der Waals surface area contributed by atoms with E-state index in [-0.39, 0.29) is 12.4 Å². The van der Waals surface area contributed by atoms with Gasteiger partial charge in [-0.05, 0) is 43.2 Å². The molecule has 0 bridgehead atoms. The van der Waals surface area contributed by atoms with E-state index in [2.05, 4.69) is 51.2 Å². The lowest BCUT2D eigenvalue weighted by molar-refractivity contribution is -0.121. The fraction of sp³-hybridized carbons (Fsp3) is 0.360. The number of hydrogen-bond donors (Lipinski definition) is 0. The van der Waals surface area contributed by atoms with Crippen LogP contribution in [0.2, 0.25) is 0 Å². The second-order valence-electron chi connectivity index (χ2n) is 8.28. The van der Waals surface area contributed by atoms with Crippen LogP contribution in [0.4, 0.5) is 5.69 Å². The zero-order valence-corrected chi connectivity index (χ0v) is 17.4. The quantitative estimate of drug-likeness (QED) is 0.670. The Morgan fingerprint density at radius 2 is 1.83 bits per heavy atom. The summed E-state index contributed by atoms with van der Waals surface area (Å²) in [6.45, 7) is 7.39. The Kier molecular flexibility index (Phi) is 5.13. The van der Waals surface area contributed by atoms with Crippen LogP contribution in [0.15, 0.2) is 48.5 Å². The monoisotopic (exact) mass is 401 g/mol. The number of anilines is 1. The number of aryl methyl sites for hydroxylation is 1. The highest BCUT2D eigenvalue weighted by Crippen LogP contribution is 2.29. The summed E-state index contributed by atoms with van der Waals surface area (Å²) in [5, 5.41) is 1.24. The Balaban J connectivity index is 1.23. The summed E-state index contributed by atoms with van der Waals surface area (Å²) in [6.07, 6.45) is 1.45. The fourth-order valence-electron chi connectivity index (χ4n) is 4.58. The van der Waals surface area contributed by atoms with E-state index in [9.17, 15) is 4.79 Å². The predicted molar refractivity (Wildman–Crippen MR) is 119 cm³/mol. The van der Waals surface area contributed by atoms with E-state index in [1.807, 2.05) is 19.1 Å². The van der Waals surface area contributed by atoms with Gasteiger partial charge in [0.25, 0.3) is 0 Å². The molecule has 5 rings (SSSR count). The third-order valence-electron chi connectivity index (χ3n) is 6.20. The number of para-hydroxylation sites is 1. The molecule has 0 saturated carbocycles. The number of ether oxygens (including phenoxy) is 1. The lowest BCUT2D eigenvalue weighted by atomic mass is 10.00. The Morgan fingerprint density at radius 3 is 2.70 bits per heavy atom. The van der Waals surface area contributed by atoms with Gasteiger partial charge in [0.1, 0.15) is 12.4 Å². The average Bonchev–Trinajstić information content (AvgIpc) is 2.77. The van der Waals surface area contributed by atoms with Gasteiger partial charge in [0.2, 0.25) is 0 Å². The van der Waals surface area contributed by atoms with Gasteiger partial charge in [-0.15, -0.1) is 0 Å². The Labute approximate surface area is 177 Å². The maximum Gasteiger partial charge on any atom is 0.174 e. The van der Waals surface area contributed by atoms with E-state index in [1.165, 1.54) is 16.6 Å². The molecule has 3 heterocycles. The first-order chi connectivity index (χ1) is 14.7. The van der Waals surface area contributed by atoms with Crippen LogP contribution in [-0.4, -0.2) is 55.0 Å². The van der Waals surface area contributed by atoms with Crippen LogP contribution >= 0.6 is 0 Å². The minimum atomic E-state index is 0.162. The largest absolute Gasteiger partial charge is 0.485 e. The van der Waals surface area contributed by atoms with Crippen LogP contribution in [0.3, 0.4) is 0 Å². The number of hydrogen-bond acceptors (Lipinski definition) is 5. The molecule has 0 spiro atoms. The first-order valence-corrected chi connectivity index (χ1v) is 10.8. The molecule has 3 aromatic rings. The zero-order chi connectivity index (χ0) is 20.5. The SMILES string of the molecule is Cc1ccc2c(N3CCN(CCc4cccc5c4OCC(=O)C5)CC3)cccc2n1. The average molecular weight is 402 g/mol. The zero-order valence-electron chi connectivity index (χ0n) is 17.4. The van der Waals surface area contributed by atoms with Gasteiger partial charge < -0.3 is 9.64 Å². The molecule has 2 aliphatic rings. The number of nitrogens with zero attached hydrogens (tertiary/aromatic N) is 3. The van der Waals surface area contributed by atoms with E-state index in [0.29, 0.717) is 6.42 Å². The van der Waals surface area contributed by atoms with Crippen molar-refractivity contribution in [2.24, 2.45) is 0 Å². The molecule has 1 saturated heterocycles. The van der Waals surface area contributed by atoms with Gasteiger partial charge in [-0.1, -0.05) is 24.3 Å².